The molecular formula is C22H22ClFN4O4. The van der Waals surface area contributed by atoms with E-state index >= 15 is 0 Å². The average Bonchev–Trinajstić information content (AvgIpc) is 2.98. The summed E-state index contributed by atoms with van der Waals surface area (Å²) in [6.07, 6.45) is 5.19. The van der Waals surface area contributed by atoms with Gasteiger partial charge in [-0.15, -0.1) is 0 Å². The number of halogens is 2. The number of nitriles is 1. The number of carbonyl (C=O) groups is 3. The molecular weight excluding hydrogens is 439 g/mol. The lowest BCUT2D eigenvalue weighted by Gasteiger charge is -2.15. The zero-order valence-corrected chi connectivity index (χ0v) is 18.3. The quantitative estimate of drug-likeness (QED) is 0.521. The van der Waals surface area contributed by atoms with Crippen molar-refractivity contribution in [2.45, 2.75) is 13.3 Å². The normalized spacial score (nSPS) is 12.9. The Kier molecular flexibility index (Phi) is 8.98. The van der Waals surface area contributed by atoms with E-state index in [1.54, 1.807) is 18.2 Å². The topological polar surface area (TPSA) is 120 Å². The van der Waals surface area contributed by atoms with Gasteiger partial charge in [0.25, 0.3) is 11.8 Å². The maximum atomic E-state index is 14.2. The highest BCUT2D eigenvalue weighted by molar-refractivity contribution is 6.31. The first kappa shape index (κ1) is 24.6. The highest BCUT2D eigenvalue weighted by atomic mass is 35.5. The summed E-state index contributed by atoms with van der Waals surface area (Å²) in [7, 11) is 1.48. The van der Waals surface area contributed by atoms with Gasteiger partial charge in [-0.1, -0.05) is 17.7 Å². The summed E-state index contributed by atoms with van der Waals surface area (Å²) in [4.78, 5) is 35.3. The van der Waals surface area contributed by atoms with Gasteiger partial charge in [-0.3, -0.25) is 14.4 Å². The summed E-state index contributed by atoms with van der Waals surface area (Å²) in [6.45, 7) is 1.01. The van der Waals surface area contributed by atoms with Gasteiger partial charge in [-0.25, -0.2) is 4.39 Å². The first-order chi connectivity index (χ1) is 15.2. The van der Waals surface area contributed by atoms with Crippen molar-refractivity contribution in [3.05, 3.63) is 63.7 Å². The Hall–Kier alpha value is -3.64. The fourth-order valence-electron chi connectivity index (χ4n) is 2.63. The van der Waals surface area contributed by atoms with Gasteiger partial charge in [0.05, 0.1) is 23.3 Å². The molecule has 0 spiro atoms. The highest BCUT2D eigenvalue weighted by Gasteiger charge is 2.17. The minimum Gasteiger partial charge on any atom is -0.484 e. The van der Waals surface area contributed by atoms with E-state index in [9.17, 15) is 18.8 Å². The molecule has 0 aromatic heterocycles. The molecule has 0 aliphatic heterocycles. The summed E-state index contributed by atoms with van der Waals surface area (Å²) in [5.74, 6) is -1.50. The van der Waals surface area contributed by atoms with Crippen molar-refractivity contribution >= 4 is 34.9 Å². The molecule has 1 aromatic rings. The molecule has 0 fully saturated rings. The lowest BCUT2D eigenvalue weighted by molar-refractivity contribution is -0.123. The third kappa shape index (κ3) is 6.96. The zero-order valence-electron chi connectivity index (χ0n) is 17.6. The third-order valence-corrected chi connectivity index (χ3v) is 4.62. The Labute approximate surface area is 189 Å². The summed E-state index contributed by atoms with van der Waals surface area (Å²) < 4.78 is 19.7. The lowest BCUT2D eigenvalue weighted by atomic mass is 10.1. The second-order valence-electron chi connectivity index (χ2n) is 6.79. The molecule has 10 heteroatoms. The first-order valence-corrected chi connectivity index (χ1v) is 9.97. The second-order valence-corrected chi connectivity index (χ2v) is 7.20. The first-order valence-electron chi connectivity index (χ1n) is 9.59. The number of ketones is 1. The molecule has 1 aliphatic rings. The average molecular weight is 461 g/mol. The maximum absolute atomic E-state index is 14.2. The number of rotatable bonds is 9. The number of nitrogens with zero attached hydrogens (tertiary/aromatic N) is 1. The van der Waals surface area contributed by atoms with Crippen molar-refractivity contribution in [1.82, 2.24) is 10.6 Å². The molecule has 0 bridgehead atoms. The van der Waals surface area contributed by atoms with Crippen LogP contribution < -0.4 is 16.0 Å². The molecule has 3 N–H and O–H groups in total. The van der Waals surface area contributed by atoms with Gasteiger partial charge in [-0.2, -0.15) is 5.26 Å². The standard InChI is InChI=1S/C22H22ClFN4O4/c1-13(29)10-27-18-8-16(7-17(23)21(18)24)22(31)28-11-15-5-3-14(9-25)4-6-19(15)32-12-20(30)26-2/h3,5-8,27H,4,10-12H2,1-2H3,(H,26,30)(H,28,31). The molecule has 1 aromatic carbocycles. The largest absolute Gasteiger partial charge is 0.484 e. The molecule has 0 heterocycles. The summed E-state index contributed by atoms with van der Waals surface area (Å²) in [5, 5.41) is 16.6. The number of allylic oxidation sites excluding steroid dienone is 4. The number of ether oxygens (including phenoxy) is 1. The predicted octanol–water partition coefficient (Wildman–Crippen LogP) is 2.64. The smallest absolute Gasteiger partial charge is 0.257 e. The number of amides is 2. The number of benzene rings is 1. The van der Waals surface area contributed by atoms with E-state index in [0.717, 1.165) is 0 Å². The van der Waals surface area contributed by atoms with Crippen LogP contribution in [0.5, 0.6) is 0 Å². The fraction of sp³-hybridized carbons (Fsp3) is 0.273. The number of likely N-dealkylation sites (N-methyl/N-ethyl adjacent to an activating group) is 1. The summed E-state index contributed by atoms with van der Waals surface area (Å²) >= 11 is 5.89. The summed E-state index contributed by atoms with van der Waals surface area (Å²) in [6, 6.07) is 4.50. The molecule has 1 aliphatic carbocycles. The van der Waals surface area contributed by atoms with Crippen LogP contribution >= 0.6 is 11.6 Å². The predicted molar refractivity (Wildman–Crippen MR) is 117 cm³/mol. The zero-order chi connectivity index (χ0) is 23.7. The Morgan fingerprint density at radius 3 is 2.69 bits per heavy atom. The van der Waals surface area contributed by atoms with Crippen molar-refractivity contribution in [3.63, 3.8) is 0 Å². The SMILES string of the molecule is CNC(=O)COC1=CCC(C#N)=CC=C1CNC(=O)c1cc(Cl)c(F)c(NCC(C)=O)c1. The molecule has 168 valence electrons. The van der Waals surface area contributed by atoms with E-state index in [-0.39, 0.29) is 47.7 Å². The Morgan fingerprint density at radius 1 is 1.28 bits per heavy atom. The van der Waals surface area contributed by atoms with Gasteiger partial charge in [-0.05, 0) is 31.2 Å². The molecule has 0 saturated heterocycles. The Bertz CT molecular complexity index is 1060. The van der Waals surface area contributed by atoms with Crippen LogP contribution in [0, 0.1) is 17.1 Å². The van der Waals surface area contributed by atoms with Crippen LogP contribution in [-0.4, -0.2) is 44.3 Å². The van der Waals surface area contributed by atoms with E-state index in [2.05, 4.69) is 22.0 Å². The van der Waals surface area contributed by atoms with Crippen molar-refractivity contribution < 1.29 is 23.5 Å². The van der Waals surface area contributed by atoms with Crippen LogP contribution in [0.2, 0.25) is 5.02 Å². The van der Waals surface area contributed by atoms with Crippen molar-refractivity contribution in [2.75, 3.05) is 32.1 Å². The number of nitrogens with one attached hydrogen (secondary N) is 3. The molecule has 0 unspecified atom stereocenters. The van der Waals surface area contributed by atoms with E-state index in [4.69, 9.17) is 21.6 Å². The van der Waals surface area contributed by atoms with Gasteiger partial charge in [0.2, 0.25) is 0 Å². The molecule has 2 amide bonds. The van der Waals surface area contributed by atoms with Crippen LogP contribution in [0.15, 0.2) is 47.3 Å². The number of anilines is 1. The van der Waals surface area contributed by atoms with Crippen LogP contribution in [0.3, 0.4) is 0 Å². The van der Waals surface area contributed by atoms with Crippen LogP contribution in [-0.2, 0) is 14.3 Å². The van der Waals surface area contributed by atoms with E-state index < -0.39 is 11.7 Å². The van der Waals surface area contributed by atoms with E-state index in [0.29, 0.717) is 23.3 Å². The highest BCUT2D eigenvalue weighted by Crippen LogP contribution is 2.25. The van der Waals surface area contributed by atoms with Crippen molar-refractivity contribution in [1.29, 1.82) is 5.26 Å². The maximum Gasteiger partial charge on any atom is 0.257 e. The Balaban J connectivity index is 2.17. The number of hydrogen-bond acceptors (Lipinski definition) is 6. The molecule has 0 radical (unpaired) electrons. The van der Waals surface area contributed by atoms with Gasteiger partial charge in [0, 0.05) is 36.7 Å². The molecule has 8 nitrogen and oxygen atoms in total. The monoisotopic (exact) mass is 460 g/mol. The van der Waals surface area contributed by atoms with Gasteiger partial charge < -0.3 is 20.7 Å². The number of hydrogen-bond donors (Lipinski definition) is 3. The van der Waals surface area contributed by atoms with Crippen LogP contribution in [0.1, 0.15) is 23.7 Å². The van der Waals surface area contributed by atoms with Crippen LogP contribution in [0.25, 0.3) is 0 Å². The number of carbonyl (C=O) groups excluding carboxylic acids is 3. The van der Waals surface area contributed by atoms with Crippen LogP contribution in [0.4, 0.5) is 10.1 Å². The molecule has 0 saturated carbocycles. The third-order valence-electron chi connectivity index (χ3n) is 4.35. The van der Waals surface area contributed by atoms with E-state index in [1.165, 1.54) is 26.1 Å². The molecule has 32 heavy (non-hydrogen) atoms. The second kappa shape index (κ2) is 11.7. The minimum atomic E-state index is -0.766. The fourth-order valence-corrected chi connectivity index (χ4v) is 2.85. The van der Waals surface area contributed by atoms with Crippen molar-refractivity contribution in [2.24, 2.45) is 0 Å². The molecule has 2 rings (SSSR count). The van der Waals surface area contributed by atoms with E-state index in [1.807, 2.05) is 0 Å². The number of Topliss-reactive ketones (excluding diaryl/α,β-unsaturated/α-hetero) is 1. The Morgan fingerprint density at radius 2 is 2.03 bits per heavy atom. The lowest BCUT2D eigenvalue weighted by Crippen LogP contribution is -2.28. The van der Waals surface area contributed by atoms with Gasteiger partial charge in [0.1, 0.15) is 11.5 Å². The molecule has 0 atom stereocenters. The minimum absolute atomic E-state index is 0.0127. The summed E-state index contributed by atoms with van der Waals surface area (Å²) in [5.41, 5.74) is 1.04. The van der Waals surface area contributed by atoms with Gasteiger partial charge in [0.15, 0.2) is 12.4 Å². The van der Waals surface area contributed by atoms with Gasteiger partial charge >= 0.3 is 0 Å². The van der Waals surface area contributed by atoms with Crippen molar-refractivity contribution in [3.8, 4) is 6.07 Å².